The highest BCUT2D eigenvalue weighted by Gasteiger charge is 2.42. The van der Waals surface area contributed by atoms with Gasteiger partial charge in [0.05, 0.1) is 5.69 Å². The fraction of sp³-hybridized carbons (Fsp3) is 0.400. The van der Waals surface area contributed by atoms with Crippen molar-refractivity contribution >= 4 is 27.9 Å². The van der Waals surface area contributed by atoms with Crippen molar-refractivity contribution in [3.8, 4) is 6.07 Å². The van der Waals surface area contributed by atoms with Crippen molar-refractivity contribution in [3.63, 3.8) is 0 Å². The summed E-state index contributed by atoms with van der Waals surface area (Å²) in [5, 5.41) is 49.7. The third-order valence-corrected chi connectivity index (χ3v) is 3.99. The van der Waals surface area contributed by atoms with Crippen LogP contribution < -0.4 is 5.32 Å². The van der Waals surface area contributed by atoms with Crippen molar-refractivity contribution in [2.24, 2.45) is 0 Å². The summed E-state index contributed by atoms with van der Waals surface area (Å²) in [7, 11) is 0. The maximum atomic E-state index is 12.1. The number of amides is 1. The summed E-state index contributed by atoms with van der Waals surface area (Å²) in [5.41, 5.74) is 0.168. The maximum Gasteiger partial charge on any atom is 0.262 e. The van der Waals surface area contributed by atoms with E-state index in [9.17, 15) is 25.2 Å². The van der Waals surface area contributed by atoms with Gasteiger partial charge in [0.2, 0.25) is 0 Å². The van der Waals surface area contributed by atoms with Gasteiger partial charge in [-0.05, 0) is 34.1 Å². The van der Waals surface area contributed by atoms with Crippen LogP contribution in [-0.2, 0) is 9.53 Å². The van der Waals surface area contributed by atoms with Crippen LogP contribution in [-0.4, -0.2) is 68.6 Å². The van der Waals surface area contributed by atoms with Crippen LogP contribution in [0.2, 0.25) is 0 Å². The number of nitrogens with one attached hydrogen (secondary N) is 1. The molecule has 0 bridgehead atoms. The van der Waals surface area contributed by atoms with Gasteiger partial charge in [0.1, 0.15) is 40.7 Å². The Morgan fingerprint density at radius 1 is 1.32 bits per heavy atom. The van der Waals surface area contributed by atoms with E-state index in [4.69, 9.17) is 10.00 Å². The molecule has 9 nitrogen and oxygen atoms in total. The van der Waals surface area contributed by atoms with Gasteiger partial charge in [0.25, 0.3) is 5.91 Å². The molecule has 2 rings (SSSR count). The maximum absolute atomic E-state index is 12.1. The molecular formula is C15H16BrN3O6. The molecule has 1 aliphatic heterocycles. The quantitative estimate of drug-likeness (QED) is 0.231. The smallest absolute Gasteiger partial charge is 0.262 e. The average Bonchev–Trinajstić information content (AvgIpc) is 2.59. The lowest BCUT2D eigenvalue weighted by molar-refractivity contribution is -0.280. The number of aliphatic hydroxyl groups excluding tert-OH is 4. The first kappa shape index (κ1) is 19.5. The molecule has 1 fully saturated rings. The number of carbonyl (C=O) groups excluding carboxylic acids is 1. The third kappa shape index (κ3) is 4.82. The third-order valence-electron chi connectivity index (χ3n) is 3.54. The summed E-state index contributed by atoms with van der Waals surface area (Å²) in [6, 6.07) is 6.74. The van der Waals surface area contributed by atoms with Crippen molar-refractivity contribution in [1.29, 1.82) is 5.26 Å². The minimum absolute atomic E-state index is 0.225. The van der Waals surface area contributed by atoms with Crippen molar-refractivity contribution in [3.05, 3.63) is 34.1 Å². The van der Waals surface area contributed by atoms with E-state index >= 15 is 0 Å². The zero-order valence-electron chi connectivity index (χ0n) is 12.8. The number of aromatic nitrogens is 1. The van der Waals surface area contributed by atoms with Gasteiger partial charge in [-0.2, -0.15) is 5.26 Å². The van der Waals surface area contributed by atoms with Crippen LogP contribution >= 0.6 is 15.9 Å². The van der Waals surface area contributed by atoms with E-state index in [1.807, 2.05) is 0 Å². The Bertz CT molecular complexity index is 707. The second-order valence-corrected chi connectivity index (χ2v) is 6.11. The number of nitrogens with zero attached hydrogens (tertiary/aromatic N) is 2. The van der Waals surface area contributed by atoms with E-state index in [1.54, 1.807) is 24.3 Å². The number of pyridine rings is 1. The number of aliphatic hydroxyl groups is 4. The van der Waals surface area contributed by atoms with Crippen LogP contribution in [0.3, 0.4) is 0 Å². The molecule has 1 aromatic rings. The van der Waals surface area contributed by atoms with Crippen LogP contribution in [0.25, 0.3) is 6.08 Å². The van der Waals surface area contributed by atoms with Gasteiger partial charge in [0.15, 0.2) is 6.29 Å². The first-order valence-corrected chi connectivity index (χ1v) is 8.03. The Kier molecular flexibility index (Phi) is 6.60. The predicted molar refractivity (Wildman–Crippen MR) is 87.4 cm³/mol. The number of hydrogen-bond donors (Lipinski definition) is 5. The molecule has 5 atom stereocenters. The van der Waals surface area contributed by atoms with E-state index < -0.39 is 36.6 Å². The first-order valence-electron chi connectivity index (χ1n) is 7.23. The second-order valence-electron chi connectivity index (χ2n) is 5.30. The molecule has 0 spiro atoms. The number of carbonyl (C=O) groups is 1. The Hall–Kier alpha value is -1.87. The van der Waals surface area contributed by atoms with Gasteiger partial charge in [0, 0.05) is 6.54 Å². The Morgan fingerprint density at radius 2 is 2.04 bits per heavy atom. The van der Waals surface area contributed by atoms with Crippen molar-refractivity contribution in [1.82, 2.24) is 10.3 Å². The molecule has 25 heavy (non-hydrogen) atoms. The van der Waals surface area contributed by atoms with Gasteiger partial charge in [-0.15, -0.1) is 0 Å². The number of halogens is 1. The normalized spacial score (nSPS) is 29.8. The predicted octanol–water partition coefficient (Wildman–Crippen LogP) is -1.33. The molecule has 0 unspecified atom stereocenters. The van der Waals surface area contributed by atoms with Crippen LogP contribution in [0.1, 0.15) is 5.69 Å². The van der Waals surface area contributed by atoms with Crippen LogP contribution in [0.5, 0.6) is 0 Å². The van der Waals surface area contributed by atoms with Gasteiger partial charge in [-0.25, -0.2) is 4.98 Å². The molecule has 1 saturated heterocycles. The SMILES string of the molecule is N#C/C(=C\c1cccc(Br)n1)C(=O)NC[C@H]1O[C@H](O)[C@H](O)[C@@H](O)[C@H]1O. The summed E-state index contributed by atoms with van der Waals surface area (Å²) >= 11 is 3.18. The van der Waals surface area contributed by atoms with Gasteiger partial charge in [-0.1, -0.05) is 6.07 Å². The van der Waals surface area contributed by atoms with E-state index in [-0.39, 0.29) is 12.1 Å². The largest absolute Gasteiger partial charge is 0.388 e. The lowest BCUT2D eigenvalue weighted by Crippen LogP contribution is -2.60. The van der Waals surface area contributed by atoms with Gasteiger partial charge in [-0.3, -0.25) is 4.79 Å². The zero-order valence-corrected chi connectivity index (χ0v) is 14.4. The van der Waals surface area contributed by atoms with Gasteiger partial charge >= 0.3 is 0 Å². The van der Waals surface area contributed by atoms with Crippen molar-refractivity contribution in [2.75, 3.05) is 6.54 Å². The fourth-order valence-corrected chi connectivity index (χ4v) is 2.55. The number of hydrogen-bond acceptors (Lipinski definition) is 8. The zero-order chi connectivity index (χ0) is 18.6. The Balaban J connectivity index is 2.02. The second kappa shape index (κ2) is 8.48. The lowest BCUT2D eigenvalue weighted by atomic mass is 9.99. The highest BCUT2D eigenvalue weighted by Crippen LogP contribution is 2.19. The first-order chi connectivity index (χ1) is 11.8. The Morgan fingerprint density at radius 3 is 2.68 bits per heavy atom. The van der Waals surface area contributed by atoms with E-state index in [0.29, 0.717) is 10.3 Å². The minimum Gasteiger partial charge on any atom is -0.388 e. The van der Waals surface area contributed by atoms with Crippen molar-refractivity contribution < 1.29 is 30.0 Å². The number of ether oxygens (including phenoxy) is 1. The molecule has 10 heteroatoms. The minimum atomic E-state index is -1.70. The summed E-state index contributed by atoms with van der Waals surface area (Å²) in [6.45, 7) is -0.286. The van der Waals surface area contributed by atoms with Gasteiger partial charge < -0.3 is 30.5 Å². The molecule has 0 saturated carbocycles. The summed E-state index contributed by atoms with van der Waals surface area (Å²) < 4.78 is 5.48. The summed E-state index contributed by atoms with van der Waals surface area (Å²) in [5.74, 6) is -0.741. The lowest BCUT2D eigenvalue weighted by Gasteiger charge is -2.38. The standard InChI is InChI=1S/C15H16BrN3O6/c16-10-3-1-2-8(19-10)4-7(5-17)14(23)18-6-9-11(20)12(21)13(22)15(24)25-9/h1-4,9,11-13,15,20-22,24H,6H2,(H,18,23)/b7-4+/t9-,11+,12+,13-,15+/m1/s1. The highest BCUT2D eigenvalue weighted by atomic mass is 79.9. The monoisotopic (exact) mass is 413 g/mol. The summed E-state index contributed by atoms with van der Waals surface area (Å²) in [6.07, 6.45) is -6.36. The fourth-order valence-electron chi connectivity index (χ4n) is 2.19. The molecule has 0 radical (unpaired) electrons. The molecule has 1 aromatic heterocycles. The topological polar surface area (TPSA) is 156 Å². The Labute approximate surface area is 151 Å². The molecule has 5 N–H and O–H groups in total. The molecule has 1 aliphatic rings. The average molecular weight is 414 g/mol. The van der Waals surface area contributed by atoms with Crippen LogP contribution in [0.4, 0.5) is 0 Å². The van der Waals surface area contributed by atoms with Crippen LogP contribution in [0, 0.1) is 11.3 Å². The van der Waals surface area contributed by atoms with Crippen LogP contribution in [0.15, 0.2) is 28.4 Å². The molecular weight excluding hydrogens is 398 g/mol. The molecule has 0 aliphatic carbocycles. The number of rotatable bonds is 4. The van der Waals surface area contributed by atoms with E-state index in [2.05, 4.69) is 26.2 Å². The summed E-state index contributed by atoms with van der Waals surface area (Å²) in [4.78, 5) is 16.2. The van der Waals surface area contributed by atoms with Crippen molar-refractivity contribution in [2.45, 2.75) is 30.7 Å². The van der Waals surface area contributed by atoms with E-state index in [0.717, 1.165) is 0 Å². The molecule has 2 heterocycles. The molecule has 134 valence electrons. The molecule has 0 aromatic carbocycles. The highest BCUT2D eigenvalue weighted by molar-refractivity contribution is 9.10. The molecule has 1 amide bonds. The number of nitriles is 1. The van der Waals surface area contributed by atoms with E-state index in [1.165, 1.54) is 6.08 Å².